The molecule has 2 rings (SSSR count). The summed E-state index contributed by atoms with van der Waals surface area (Å²) in [5.41, 5.74) is 1.80. The normalized spacial score (nSPS) is 10.0. The highest BCUT2D eigenvalue weighted by molar-refractivity contribution is 6.04. The molecule has 0 aliphatic heterocycles. The van der Waals surface area contributed by atoms with E-state index < -0.39 is 17.7 Å². The first-order valence-corrected chi connectivity index (χ1v) is 6.26. The predicted molar refractivity (Wildman–Crippen MR) is 76.9 cm³/mol. The Morgan fingerprint density at radius 3 is 2.29 bits per heavy atom. The van der Waals surface area contributed by atoms with E-state index in [0.29, 0.717) is 16.8 Å². The number of anilines is 1. The number of hydrogen-bond acceptors (Lipinski definition) is 3. The van der Waals surface area contributed by atoms with Crippen LogP contribution in [0.4, 0.5) is 10.1 Å². The first kappa shape index (κ1) is 14.7. The van der Waals surface area contributed by atoms with E-state index in [-0.39, 0.29) is 5.56 Å². The Labute approximate surface area is 121 Å². The second-order valence-corrected chi connectivity index (χ2v) is 4.54. The average molecular weight is 287 g/mol. The maximum Gasteiger partial charge on any atom is 0.337 e. The lowest BCUT2D eigenvalue weighted by Crippen LogP contribution is -2.12. The number of benzene rings is 2. The van der Waals surface area contributed by atoms with E-state index in [1.807, 2.05) is 0 Å². The van der Waals surface area contributed by atoms with Gasteiger partial charge in [0.25, 0.3) is 5.91 Å². The number of hydrogen-bond donors (Lipinski definition) is 1. The second-order valence-electron chi connectivity index (χ2n) is 4.54. The fraction of sp³-hybridized carbons (Fsp3) is 0.125. The molecule has 4 nitrogen and oxygen atoms in total. The summed E-state index contributed by atoms with van der Waals surface area (Å²) < 4.78 is 17.9. The van der Waals surface area contributed by atoms with Crippen molar-refractivity contribution in [2.24, 2.45) is 0 Å². The third-order valence-electron chi connectivity index (χ3n) is 2.87. The van der Waals surface area contributed by atoms with Crippen molar-refractivity contribution in [3.8, 4) is 0 Å². The van der Waals surface area contributed by atoms with E-state index in [0.717, 1.165) is 0 Å². The fourth-order valence-corrected chi connectivity index (χ4v) is 1.88. The van der Waals surface area contributed by atoms with Crippen molar-refractivity contribution in [3.05, 3.63) is 65.0 Å². The number of methoxy groups -OCH3 is 1. The number of nitrogens with one attached hydrogen (secondary N) is 1. The van der Waals surface area contributed by atoms with Gasteiger partial charge in [-0.25, -0.2) is 9.18 Å². The van der Waals surface area contributed by atoms with E-state index in [1.165, 1.54) is 31.4 Å². The molecule has 0 saturated carbocycles. The van der Waals surface area contributed by atoms with Crippen molar-refractivity contribution in [3.63, 3.8) is 0 Å². The molecule has 108 valence electrons. The maximum absolute atomic E-state index is 13.3. The third-order valence-corrected chi connectivity index (χ3v) is 2.87. The average Bonchev–Trinajstić information content (AvgIpc) is 2.46. The zero-order valence-corrected chi connectivity index (χ0v) is 11.6. The van der Waals surface area contributed by atoms with Crippen molar-refractivity contribution >= 4 is 17.6 Å². The Morgan fingerprint density at radius 1 is 1.05 bits per heavy atom. The zero-order valence-electron chi connectivity index (χ0n) is 11.6. The molecule has 0 spiro atoms. The van der Waals surface area contributed by atoms with Gasteiger partial charge in [-0.15, -0.1) is 0 Å². The summed E-state index contributed by atoms with van der Waals surface area (Å²) in [4.78, 5) is 23.3. The van der Waals surface area contributed by atoms with E-state index in [9.17, 15) is 14.0 Å². The third kappa shape index (κ3) is 3.66. The predicted octanol–water partition coefficient (Wildman–Crippen LogP) is 3.17. The van der Waals surface area contributed by atoms with Crippen LogP contribution in [0.3, 0.4) is 0 Å². The van der Waals surface area contributed by atoms with Gasteiger partial charge in [0.05, 0.1) is 12.7 Å². The Balaban J connectivity index is 2.14. The highest BCUT2D eigenvalue weighted by Gasteiger charge is 2.09. The fourth-order valence-electron chi connectivity index (χ4n) is 1.88. The molecule has 2 aromatic rings. The maximum atomic E-state index is 13.3. The number of esters is 1. The lowest BCUT2D eigenvalue weighted by atomic mass is 10.1. The summed E-state index contributed by atoms with van der Waals surface area (Å²) >= 11 is 0. The van der Waals surface area contributed by atoms with Crippen molar-refractivity contribution < 1.29 is 18.7 Å². The summed E-state index contributed by atoms with van der Waals surface area (Å²) in [7, 11) is 1.30. The molecule has 21 heavy (non-hydrogen) atoms. The molecule has 0 fully saturated rings. The molecule has 0 saturated heterocycles. The Hall–Kier alpha value is -2.69. The quantitative estimate of drug-likeness (QED) is 0.882. The summed E-state index contributed by atoms with van der Waals surface area (Å²) in [5.74, 6) is -1.32. The number of ether oxygens (including phenoxy) is 1. The highest BCUT2D eigenvalue weighted by Crippen LogP contribution is 2.14. The van der Waals surface area contributed by atoms with Crippen molar-refractivity contribution in [2.45, 2.75) is 6.92 Å². The van der Waals surface area contributed by atoms with Gasteiger partial charge >= 0.3 is 5.97 Å². The number of carbonyl (C=O) groups excluding carboxylic acids is 2. The van der Waals surface area contributed by atoms with Crippen LogP contribution in [0.5, 0.6) is 0 Å². The number of halogens is 1. The van der Waals surface area contributed by atoms with Crippen LogP contribution in [0.2, 0.25) is 0 Å². The van der Waals surface area contributed by atoms with Gasteiger partial charge in [-0.05, 0) is 55.0 Å². The van der Waals surface area contributed by atoms with E-state index in [4.69, 9.17) is 0 Å². The van der Waals surface area contributed by atoms with Crippen LogP contribution in [-0.2, 0) is 4.74 Å². The first-order valence-electron chi connectivity index (χ1n) is 6.26. The van der Waals surface area contributed by atoms with Crippen molar-refractivity contribution in [1.29, 1.82) is 0 Å². The van der Waals surface area contributed by atoms with Crippen molar-refractivity contribution in [2.75, 3.05) is 12.4 Å². The minimum atomic E-state index is -0.457. The van der Waals surface area contributed by atoms with Gasteiger partial charge < -0.3 is 10.1 Å². The molecule has 0 aromatic heterocycles. The molecule has 0 atom stereocenters. The van der Waals surface area contributed by atoms with Crippen LogP contribution >= 0.6 is 0 Å². The molecule has 1 amide bonds. The molecule has 5 heteroatoms. The Bertz CT molecular complexity index is 660. The molecule has 0 heterocycles. The Kier molecular flexibility index (Phi) is 4.33. The molecule has 0 aliphatic rings. The lowest BCUT2D eigenvalue weighted by Gasteiger charge is -2.07. The van der Waals surface area contributed by atoms with Gasteiger partial charge in [-0.2, -0.15) is 0 Å². The highest BCUT2D eigenvalue weighted by atomic mass is 19.1. The van der Waals surface area contributed by atoms with Crippen LogP contribution in [0.15, 0.2) is 42.5 Å². The largest absolute Gasteiger partial charge is 0.465 e. The standard InChI is InChI=1S/C16H14FNO3/c1-10-7-12(9-13(17)8-10)15(19)18-14-5-3-11(4-6-14)16(20)21-2/h3-9H,1-2H3,(H,18,19). The molecule has 0 bridgehead atoms. The summed E-state index contributed by atoms with van der Waals surface area (Å²) in [5, 5.41) is 2.64. The SMILES string of the molecule is COC(=O)c1ccc(NC(=O)c2cc(C)cc(F)c2)cc1. The molecular formula is C16H14FNO3. The smallest absolute Gasteiger partial charge is 0.337 e. The first-order chi connectivity index (χ1) is 9.99. The van der Waals surface area contributed by atoms with Crippen LogP contribution in [0, 0.1) is 12.7 Å². The molecular weight excluding hydrogens is 273 g/mol. The number of aryl methyl sites for hydroxylation is 1. The molecule has 0 aliphatic carbocycles. The van der Waals surface area contributed by atoms with Crippen LogP contribution in [0.25, 0.3) is 0 Å². The van der Waals surface area contributed by atoms with Gasteiger partial charge in [0.2, 0.25) is 0 Å². The molecule has 1 N–H and O–H groups in total. The lowest BCUT2D eigenvalue weighted by molar-refractivity contribution is 0.0600. The summed E-state index contributed by atoms with van der Waals surface area (Å²) in [6, 6.07) is 10.4. The van der Waals surface area contributed by atoms with E-state index in [1.54, 1.807) is 25.1 Å². The molecule has 0 radical (unpaired) electrons. The summed E-state index contributed by atoms with van der Waals surface area (Å²) in [6.45, 7) is 1.71. The Morgan fingerprint density at radius 2 is 1.71 bits per heavy atom. The summed E-state index contributed by atoms with van der Waals surface area (Å²) in [6.07, 6.45) is 0. The topological polar surface area (TPSA) is 55.4 Å². The minimum absolute atomic E-state index is 0.240. The second kappa shape index (κ2) is 6.17. The monoisotopic (exact) mass is 287 g/mol. The van der Waals surface area contributed by atoms with Crippen LogP contribution in [-0.4, -0.2) is 19.0 Å². The van der Waals surface area contributed by atoms with Gasteiger partial charge in [0.1, 0.15) is 5.82 Å². The van der Waals surface area contributed by atoms with Gasteiger partial charge in [0, 0.05) is 11.3 Å². The van der Waals surface area contributed by atoms with Crippen molar-refractivity contribution in [1.82, 2.24) is 0 Å². The van der Waals surface area contributed by atoms with Gasteiger partial charge in [-0.1, -0.05) is 0 Å². The van der Waals surface area contributed by atoms with Gasteiger partial charge in [0.15, 0.2) is 0 Å². The molecule has 2 aromatic carbocycles. The van der Waals surface area contributed by atoms with Gasteiger partial charge in [-0.3, -0.25) is 4.79 Å². The van der Waals surface area contributed by atoms with Crippen LogP contribution < -0.4 is 5.32 Å². The minimum Gasteiger partial charge on any atom is -0.465 e. The molecule has 0 unspecified atom stereocenters. The van der Waals surface area contributed by atoms with E-state index >= 15 is 0 Å². The zero-order chi connectivity index (χ0) is 15.4. The van der Waals surface area contributed by atoms with Crippen LogP contribution in [0.1, 0.15) is 26.3 Å². The van der Waals surface area contributed by atoms with E-state index in [2.05, 4.69) is 10.1 Å². The number of carbonyl (C=O) groups is 2. The number of rotatable bonds is 3. The number of amides is 1.